The number of hydrogen-bond acceptors (Lipinski definition) is 7. The Morgan fingerprint density at radius 2 is 1.75 bits per heavy atom. The normalized spacial score (nSPS) is 10.5. The molecule has 0 radical (unpaired) electrons. The van der Waals surface area contributed by atoms with E-state index >= 15 is 0 Å². The fraction of sp³-hybridized carbons (Fsp3) is 0.190. The van der Waals surface area contributed by atoms with Gasteiger partial charge in [-0.2, -0.15) is 0 Å². The van der Waals surface area contributed by atoms with E-state index in [9.17, 15) is 14.4 Å². The number of carbonyl (C=O) groups excluding carboxylic acids is 2. The zero-order valence-corrected chi connectivity index (χ0v) is 15.4. The van der Waals surface area contributed by atoms with Crippen LogP contribution in [0, 0.1) is 0 Å². The number of methoxy groups -OCH3 is 1. The summed E-state index contributed by atoms with van der Waals surface area (Å²) in [4.78, 5) is 35.2. The molecule has 0 fully saturated rings. The average molecular weight is 382 g/mol. The minimum Gasteiger partial charge on any atom is -0.489 e. The van der Waals surface area contributed by atoms with E-state index in [1.54, 1.807) is 49.4 Å². The lowest BCUT2D eigenvalue weighted by molar-refractivity contribution is 0.0520. The van der Waals surface area contributed by atoms with Crippen LogP contribution in [0.4, 0.5) is 0 Å². The Kier molecular flexibility index (Phi) is 5.74. The summed E-state index contributed by atoms with van der Waals surface area (Å²) in [7, 11) is 1.33. The molecule has 2 aromatic carbocycles. The molecule has 28 heavy (non-hydrogen) atoms. The Bertz CT molecular complexity index is 1060. The fourth-order valence-electron chi connectivity index (χ4n) is 2.55. The number of hydrogen-bond donors (Lipinski definition) is 0. The molecule has 1 aromatic heterocycles. The van der Waals surface area contributed by atoms with Gasteiger partial charge in [0.15, 0.2) is 0 Å². The predicted octanol–water partition coefficient (Wildman–Crippen LogP) is 3.34. The van der Waals surface area contributed by atoms with E-state index in [0.717, 1.165) is 5.56 Å². The van der Waals surface area contributed by atoms with Crippen molar-refractivity contribution in [2.75, 3.05) is 13.7 Å². The third-order valence-electron chi connectivity index (χ3n) is 3.98. The van der Waals surface area contributed by atoms with Crippen molar-refractivity contribution >= 4 is 22.9 Å². The number of esters is 2. The molecule has 0 N–H and O–H groups in total. The first-order valence-electron chi connectivity index (χ1n) is 8.57. The minimum atomic E-state index is -0.763. The molecule has 0 unspecified atom stereocenters. The Balaban J connectivity index is 1.75. The SMILES string of the molecule is CCOC(=O)c1cc2ccc(OCc3ccc(C(=O)OC)cc3)cc2oc1=O. The maximum atomic E-state index is 12.0. The monoisotopic (exact) mass is 382 g/mol. The van der Waals surface area contributed by atoms with E-state index in [1.165, 1.54) is 13.2 Å². The van der Waals surface area contributed by atoms with Crippen LogP contribution >= 0.6 is 0 Å². The lowest BCUT2D eigenvalue weighted by Gasteiger charge is -2.08. The van der Waals surface area contributed by atoms with Crippen molar-refractivity contribution in [1.82, 2.24) is 0 Å². The second kappa shape index (κ2) is 8.39. The zero-order valence-electron chi connectivity index (χ0n) is 15.4. The zero-order chi connectivity index (χ0) is 20.1. The third-order valence-corrected chi connectivity index (χ3v) is 3.98. The Hall–Kier alpha value is -3.61. The first-order chi connectivity index (χ1) is 13.5. The molecule has 0 saturated carbocycles. The summed E-state index contributed by atoms with van der Waals surface area (Å²) in [5.41, 5.74) is 0.704. The van der Waals surface area contributed by atoms with Gasteiger partial charge in [0.05, 0.1) is 19.3 Å². The van der Waals surface area contributed by atoms with Gasteiger partial charge in [-0.3, -0.25) is 0 Å². The van der Waals surface area contributed by atoms with E-state index in [4.69, 9.17) is 13.9 Å². The number of rotatable bonds is 6. The summed E-state index contributed by atoms with van der Waals surface area (Å²) in [6.07, 6.45) is 0. The van der Waals surface area contributed by atoms with E-state index in [1.807, 2.05) is 0 Å². The van der Waals surface area contributed by atoms with Gasteiger partial charge in [0, 0.05) is 11.5 Å². The molecule has 0 aliphatic heterocycles. The molecular formula is C21H18O7. The van der Waals surface area contributed by atoms with Crippen LogP contribution in [0.15, 0.2) is 57.7 Å². The van der Waals surface area contributed by atoms with Crippen LogP contribution in [0.5, 0.6) is 5.75 Å². The molecule has 0 saturated heterocycles. The van der Waals surface area contributed by atoms with Crippen LogP contribution in [0.3, 0.4) is 0 Å². The number of benzene rings is 2. The molecule has 0 aliphatic rings. The van der Waals surface area contributed by atoms with E-state index in [-0.39, 0.29) is 18.8 Å². The summed E-state index contributed by atoms with van der Waals surface area (Å²) >= 11 is 0. The summed E-state index contributed by atoms with van der Waals surface area (Å²) in [5.74, 6) is -0.621. The van der Waals surface area contributed by atoms with Crippen molar-refractivity contribution in [2.45, 2.75) is 13.5 Å². The van der Waals surface area contributed by atoms with Crippen LogP contribution in [0.2, 0.25) is 0 Å². The fourth-order valence-corrected chi connectivity index (χ4v) is 2.55. The highest BCUT2D eigenvalue weighted by Crippen LogP contribution is 2.22. The summed E-state index contributed by atoms with van der Waals surface area (Å²) in [6.45, 7) is 2.09. The smallest absolute Gasteiger partial charge is 0.351 e. The number of fused-ring (bicyclic) bond motifs is 1. The predicted molar refractivity (Wildman–Crippen MR) is 101 cm³/mol. The van der Waals surface area contributed by atoms with Crippen molar-refractivity contribution < 1.29 is 28.2 Å². The van der Waals surface area contributed by atoms with Crippen molar-refractivity contribution in [3.05, 3.63) is 75.6 Å². The first-order valence-corrected chi connectivity index (χ1v) is 8.57. The van der Waals surface area contributed by atoms with E-state index < -0.39 is 17.6 Å². The van der Waals surface area contributed by atoms with Gasteiger partial charge in [0.1, 0.15) is 23.5 Å². The van der Waals surface area contributed by atoms with Gasteiger partial charge in [-0.05, 0) is 42.8 Å². The van der Waals surface area contributed by atoms with Crippen LogP contribution in [-0.2, 0) is 16.1 Å². The standard InChI is InChI=1S/C21H18O7/c1-3-26-20(23)17-10-15-8-9-16(11-18(15)28-21(17)24)27-12-13-4-6-14(7-5-13)19(22)25-2/h4-11H,3,12H2,1-2H3. The second-order valence-electron chi connectivity index (χ2n) is 5.84. The van der Waals surface area contributed by atoms with Gasteiger partial charge < -0.3 is 18.6 Å². The number of ether oxygens (including phenoxy) is 3. The van der Waals surface area contributed by atoms with Gasteiger partial charge in [0.2, 0.25) is 0 Å². The topological polar surface area (TPSA) is 92.0 Å². The molecule has 144 valence electrons. The molecule has 0 amide bonds. The molecule has 3 aromatic rings. The largest absolute Gasteiger partial charge is 0.489 e. The maximum Gasteiger partial charge on any atom is 0.351 e. The van der Waals surface area contributed by atoms with Gasteiger partial charge in [-0.25, -0.2) is 14.4 Å². The molecule has 1 heterocycles. The summed E-state index contributed by atoms with van der Waals surface area (Å²) in [5, 5.41) is 0.581. The molecule has 0 bridgehead atoms. The molecule has 7 nitrogen and oxygen atoms in total. The Morgan fingerprint density at radius 1 is 1.00 bits per heavy atom. The van der Waals surface area contributed by atoms with Gasteiger partial charge in [-0.15, -0.1) is 0 Å². The number of carbonyl (C=O) groups is 2. The van der Waals surface area contributed by atoms with Gasteiger partial charge >= 0.3 is 17.6 Å². The second-order valence-corrected chi connectivity index (χ2v) is 5.84. The third kappa shape index (κ3) is 4.20. The molecule has 0 spiro atoms. The molecule has 0 atom stereocenters. The van der Waals surface area contributed by atoms with E-state index in [0.29, 0.717) is 22.3 Å². The van der Waals surface area contributed by atoms with Crippen LogP contribution in [0.1, 0.15) is 33.2 Å². The highest BCUT2D eigenvalue weighted by Gasteiger charge is 2.15. The van der Waals surface area contributed by atoms with Crippen molar-refractivity contribution in [2.24, 2.45) is 0 Å². The average Bonchev–Trinajstić information content (AvgIpc) is 2.71. The summed E-state index contributed by atoms with van der Waals surface area (Å²) < 4.78 is 20.4. The molecule has 7 heteroatoms. The van der Waals surface area contributed by atoms with Crippen molar-refractivity contribution in [1.29, 1.82) is 0 Å². The highest BCUT2D eigenvalue weighted by molar-refractivity contribution is 5.93. The highest BCUT2D eigenvalue weighted by atomic mass is 16.5. The lowest BCUT2D eigenvalue weighted by Crippen LogP contribution is -2.16. The van der Waals surface area contributed by atoms with Crippen molar-refractivity contribution in [3.63, 3.8) is 0 Å². The first kappa shape index (κ1) is 19.2. The Labute approximate surface area is 160 Å². The quantitative estimate of drug-likeness (QED) is 0.477. The van der Waals surface area contributed by atoms with Crippen LogP contribution in [0.25, 0.3) is 11.0 Å². The van der Waals surface area contributed by atoms with Crippen LogP contribution in [-0.4, -0.2) is 25.7 Å². The maximum absolute atomic E-state index is 12.0. The molecular weight excluding hydrogens is 364 g/mol. The minimum absolute atomic E-state index is 0.145. The van der Waals surface area contributed by atoms with Crippen LogP contribution < -0.4 is 10.4 Å². The van der Waals surface area contributed by atoms with Gasteiger partial charge in [-0.1, -0.05) is 12.1 Å². The van der Waals surface area contributed by atoms with Crippen molar-refractivity contribution in [3.8, 4) is 5.75 Å². The summed E-state index contributed by atoms with van der Waals surface area (Å²) in [6, 6.07) is 13.2. The van der Waals surface area contributed by atoms with E-state index in [2.05, 4.69) is 4.74 Å². The Morgan fingerprint density at radius 3 is 2.43 bits per heavy atom. The molecule has 3 rings (SSSR count). The lowest BCUT2D eigenvalue weighted by atomic mass is 10.1. The van der Waals surface area contributed by atoms with Gasteiger partial charge in [0.25, 0.3) is 0 Å². The molecule has 0 aliphatic carbocycles.